The average Bonchev–Trinajstić information content (AvgIpc) is 3.26. The van der Waals surface area contributed by atoms with Crippen LogP contribution in [0.5, 0.6) is 0 Å². The molecule has 176 valence electrons. The van der Waals surface area contributed by atoms with Gasteiger partial charge in [0.05, 0.1) is 25.0 Å². The van der Waals surface area contributed by atoms with Crippen molar-refractivity contribution in [2.24, 2.45) is 5.92 Å². The van der Waals surface area contributed by atoms with Crippen LogP contribution in [0.4, 0.5) is 10.2 Å². The number of carbonyl (C=O) groups excluding carboxylic acids is 1. The van der Waals surface area contributed by atoms with Crippen molar-refractivity contribution < 1.29 is 33.4 Å². The summed E-state index contributed by atoms with van der Waals surface area (Å²) >= 11 is 6.06. The topological polar surface area (TPSA) is 160 Å². The van der Waals surface area contributed by atoms with Crippen LogP contribution in [0, 0.1) is 5.92 Å². The maximum absolute atomic E-state index is 15.0. The van der Waals surface area contributed by atoms with Gasteiger partial charge in [-0.3, -0.25) is 9.36 Å². The van der Waals surface area contributed by atoms with Crippen molar-refractivity contribution >= 4 is 42.0 Å². The fourth-order valence-electron chi connectivity index (χ4n) is 3.72. The van der Waals surface area contributed by atoms with Crippen LogP contribution in [0.15, 0.2) is 36.7 Å². The number of alkyl halides is 1. The van der Waals surface area contributed by atoms with Gasteiger partial charge in [0, 0.05) is 6.54 Å². The van der Waals surface area contributed by atoms with E-state index in [1.54, 1.807) is 0 Å². The van der Waals surface area contributed by atoms with E-state index in [0.29, 0.717) is 6.54 Å². The summed E-state index contributed by atoms with van der Waals surface area (Å²) < 4.78 is 31.9. The second-order valence-electron chi connectivity index (χ2n) is 7.56. The molecule has 0 unspecified atom stereocenters. The van der Waals surface area contributed by atoms with Crippen LogP contribution in [-0.4, -0.2) is 65.4 Å². The Morgan fingerprint density at radius 2 is 1.97 bits per heavy atom. The Bertz CT molecular complexity index is 1210. The lowest BCUT2D eigenvalue weighted by molar-refractivity contribution is -0.126. The number of imidazole rings is 1. The molecule has 0 saturated heterocycles. The van der Waals surface area contributed by atoms with Crippen LogP contribution in [0.2, 0.25) is 5.28 Å². The van der Waals surface area contributed by atoms with Crippen LogP contribution in [0.25, 0.3) is 11.2 Å². The molecule has 1 aliphatic rings. The number of anilines is 1. The zero-order valence-corrected chi connectivity index (χ0v) is 18.6. The third kappa shape index (κ3) is 5.06. The predicted octanol–water partition coefficient (Wildman–Crippen LogP) is 1.68. The predicted molar refractivity (Wildman–Crippen MR) is 115 cm³/mol. The van der Waals surface area contributed by atoms with Crippen LogP contribution in [-0.2, 0) is 20.6 Å². The number of aliphatic hydroxyl groups excluding tert-OH is 1. The lowest BCUT2D eigenvalue weighted by Gasteiger charge is -2.15. The third-order valence-electron chi connectivity index (χ3n) is 5.25. The van der Waals surface area contributed by atoms with Crippen LogP contribution in [0.3, 0.4) is 0 Å². The third-order valence-corrected chi connectivity index (χ3v) is 5.94. The van der Waals surface area contributed by atoms with E-state index in [4.69, 9.17) is 26.1 Å². The van der Waals surface area contributed by atoms with E-state index < -0.39 is 50.6 Å². The molecule has 1 aromatic carbocycles. The van der Waals surface area contributed by atoms with Gasteiger partial charge in [0.25, 0.3) is 0 Å². The normalized spacial score (nSPS) is 23.4. The summed E-state index contributed by atoms with van der Waals surface area (Å²) in [5.74, 6) is -1.74. The van der Waals surface area contributed by atoms with Crippen molar-refractivity contribution in [3.63, 3.8) is 0 Å². The molecule has 0 bridgehead atoms. The molecule has 14 heteroatoms. The standard InChI is InChI=1S/C19H20ClFN5O6P/c20-19-24-17(22-6-10-4-2-1-3-5-10)13-18(25-19)26(8-23-13)14-12(21)15(27)11(16(14)28)7-32-9-33(29,30)31/h1-5,8,11-12,14-15,27H,6-7,9H2,(H,22,24,25)(H2,29,30,31)/t11-,12+,14+,15-/m1/s1. The highest BCUT2D eigenvalue weighted by atomic mass is 35.5. The van der Waals surface area contributed by atoms with Crippen LogP contribution in [0.1, 0.15) is 11.6 Å². The second-order valence-corrected chi connectivity index (χ2v) is 9.48. The number of Topliss-reactive ketones (excluding diaryl/α,β-unsaturated/α-hetero) is 1. The summed E-state index contributed by atoms with van der Waals surface area (Å²) in [6, 6.07) is 8.00. The number of rotatable bonds is 8. The number of hydrogen-bond donors (Lipinski definition) is 4. The number of halogens is 2. The van der Waals surface area contributed by atoms with Crippen molar-refractivity contribution in [3.05, 3.63) is 47.5 Å². The molecule has 0 radical (unpaired) electrons. The molecule has 11 nitrogen and oxygen atoms in total. The summed E-state index contributed by atoms with van der Waals surface area (Å²) in [4.78, 5) is 43.1. The van der Waals surface area contributed by atoms with E-state index in [-0.39, 0.29) is 22.3 Å². The second kappa shape index (κ2) is 9.41. The molecule has 33 heavy (non-hydrogen) atoms. The Morgan fingerprint density at radius 3 is 2.67 bits per heavy atom. The fraction of sp³-hybridized carbons (Fsp3) is 0.368. The number of nitrogens with one attached hydrogen (secondary N) is 1. The van der Waals surface area contributed by atoms with E-state index in [9.17, 15) is 18.9 Å². The van der Waals surface area contributed by atoms with E-state index in [1.165, 1.54) is 10.9 Å². The lowest BCUT2D eigenvalue weighted by Crippen LogP contribution is -2.28. The Morgan fingerprint density at radius 1 is 1.24 bits per heavy atom. The number of aromatic nitrogens is 4. The summed E-state index contributed by atoms with van der Waals surface area (Å²) in [7, 11) is -4.48. The highest BCUT2D eigenvalue weighted by Crippen LogP contribution is 2.38. The zero-order chi connectivity index (χ0) is 23.8. The number of hydrogen-bond acceptors (Lipinski definition) is 8. The fourth-order valence-corrected chi connectivity index (χ4v) is 4.23. The monoisotopic (exact) mass is 499 g/mol. The van der Waals surface area contributed by atoms with Crippen LogP contribution >= 0.6 is 19.2 Å². The van der Waals surface area contributed by atoms with Gasteiger partial charge in [0.15, 0.2) is 28.9 Å². The SMILES string of the molecule is O=C1[C@@H](n2cnc3c(NCc4ccccc4)nc(Cl)nc32)[C@H](F)[C@H](O)[C@H]1COCP(=O)(O)O. The molecule has 3 aromatic rings. The molecule has 2 heterocycles. The minimum Gasteiger partial charge on any atom is -0.389 e. The highest BCUT2D eigenvalue weighted by Gasteiger charge is 2.51. The quantitative estimate of drug-likeness (QED) is 0.265. The Kier molecular flexibility index (Phi) is 6.76. The number of fused-ring (bicyclic) bond motifs is 1. The molecule has 4 atom stereocenters. The Hall–Kier alpha value is -2.47. The van der Waals surface area contributed by atoms with Crippen molar-refractivity contribution in [3.8, 4) is 0 Å². The van der Waals surface area contributed by atoms with E-state index in [2.05, 4.69) is 20.3 Å². The van der Waals surface area contributed by atoms with Crippen molar-refractivity contribution in [1.29, 1.82) is 0 Å². The largest absolute Gasteiger partial charge is 0.389 e. The number of benzene rings is 1. The van der Waals surface area contributed by atoms with Gasteiger partial charge >= 0.3 is 7.60 Å². The number of ether oxygens (including phenoxy) is 1. The van der Waals surface area contributed by atoms with Gasteiger partial charge in [-0.25, -0.2) is 9.37 Å². The van der Waals surface area contributed by atoms with Gasteiger partial charge in [-0.2, -0.15) is 9.97 Å². The molecule has 4 N–H and O–H groups in total. The van der Waals surface area contributed by atoms with Crippen LogP contribution < -0.4 is 5.32 Å². The first-order valence-electron chi connectivity index (χ1n) is 9.82. The van der Waals surface area contributed by atoms with Gasteiger partial charge in [-0.15, -0.1) is 0 Å². The maximum Gasteiger partial charge on any atom is 0.350 e. The van der Waals surface area contributed by atoms with E-state index >= 15 is 0 Å². The minimum atomic E-state index is -4.48. The molecule has 1 saturated carbocycles. The lowest BCUT2D eigenvalue weighted by atomic mass is 10.1. The van der Waals surface area contributed by atoms with Crippen molar-refractivity contribution in [1.82, 2.24) is 19.5 Å². The average molecular weight is 500 g/mol. The maximum atomic E-state index is 15.0. The highest BCUT2D eigenvalue weighted by molar-refractivity contribution is 7.51. The first kappa shape index (κ1) is 23.7. The smallest absolute Gasteiger partial charge is 0.350 e. The summed E-state index contributed by atoms with van der Waals surface area (Å²) in [6.45, 7) is -0.143. The van der Waals surface area contributed by atoms with Gasteiger partial charge in [0.1, 0.15) is 12.4 Å². The molecule has 2 aromatic heterocycles. The molecule has 0 spiro atoms. The van der Waals surface area contributed by atoms with E-state index in [1.807, 2.05) is 30.3 Å². The number of carbonyl (C=O) groups is 1. The number of nitrogens with zero attached hydrogens (tertiary/aromatic N) is 4. The molecule has 0 aliphatic heterocycles. The van der Waals surface area contributed by atoms with Gasteiger partial charge in [0.2, 0.25) is 5.28 Å². The van der Waals surface area contributed by atoms with Gasteiger partial charge in [-0.1, -0.05) is 30.3 Å². The molecule has 1 fully saturated rings. The molecule has 0 amide bonds. The van der Waals surface area contributed by atoms with Gasteiger partial charge in [-0.05, 0) is 17.2 Å². The first-order chi connectivity index (χ1) is 15.7. The minimum absolute atomic E-state index is 0.0931. The first-order valence-corrected chi connectivity index (χ1v) is 12.0. The molecular weight excluding hydrogens is 480 g/mol. The summed E-state index contributed by atoms with van der Waals surface area (Å²) in [5.41, 5.74) is 1.32. The van der Waals surface area contributed by atoms with Crippen molar-refractivity contribution in [2.75, 3.05) is 18.3 Å². The van der Waals surface area contributed by atoms with Gasteiger partial charge < -0.3 is 29.5 Å². The Labute approximate surface area is 191 Å². The number of aliphatic hydroxyl groups is 1. The number of ketones is 1. The Balaban J connectivity index is 1.59. The zero-order valence-electron chi connectivity index (χ0n) is 17.0. The molecule has 1 aliphatic carbocycles. The summed E-state index contributed by atoms with van der Waals surface area (Å²) in [6.07, 6.45) is -3.49. The molecular formula is C19H20ClFN5O6P. The molecule has 4 rings (SSSR count). The van der Waals surface area contributed by atoms with E-state index in [0.717, 1.165) is 5.56 Å². The van der Waals surface area contributed by atoms with Crippen molar-refractivity contribution in [2.45, 2.75) is 24.9 Å². The summed E-state index contributed by atoms with van der Waals surface area (Å²) in [5, 5.41) is 13.2.